The van der Waals surface area contributed by atoms with Gasteiger partial charge in [-0.2, -0.15) is 0 Å². The van der Waals surface area contributed by atoms with Crippen LogP contribution in [0.5, 0.6) is 5.75 Å². The van der Waals surface area contributed by atoms with E-state index in [1.54, 1.807) is 12.1 Å². The molecule has 0 radical (unpaired) electrons. The van der Waals surface area contributed by atoms with Gasteiger partial charge in [0.25, 0.3) is 0 Å². The van der Waals surface area contributed by atoms with Crippen LogP contribution in [0.3, 0.4) is 0 Å². The molecule has 138 valence electrons. The highest BCUT2D eigenvalue weighted by atomic mass is 32.2. The summed E-state index contributed by atoms with van der Waals surface area (Å²) in [7, 11) is -3.94. The van der Waals surface area contributed by atoms with Crippen LogP contribution in [-0.2, 0) is 19.6 Å². The fourth-order valence-electron chi connectivity index (χ4n) is 2.29. The quantitative estimate of drug-likeness (QED) is 0.600. The molecule has 1 aliphatic carbocycles. The first-order valence-electron chi connectivity index (χ1n) is 7.95. The summed E-state index contributed by atoms with van der Waals surface area (Å²) < 4.78 is 31.9. The van der Waals surface area contributed by atoms with Crippen LogP contribution in [0.1, 0.15) is 26.7 Å². The van der Waals surface area contributed by atoms with Crippen LogP contribution >= 0.6 is 0 Å². The molecule has 1 amide bonds. The van der Waals surface area contributed by atoms with E-state index in [-0.39, 0.29) is 12.0 Å². The lowest BCUT2D eigenvalue weighted by atomic mass is 10.2. The number of sulfonamides is 1. The molecule has 0 spiro atoms. The zero-order valence-corrected chi connectivity index (χ0v) is 14.9. The minimum absolute atomic E-state index is 0.000105. The maximum atomic E-state index is 12.1. The van der Waals surface area contributed by atoms with Gasteiger partial charge in [-0.3, -0.25) is 9.52 Å². The molecule has 1 fully saturated rings. The fourth-order valence-corrected chi connectivity index (χ4v) is 3.28. The zero-order valence-electron chi connectivity index (χ0n) is 14.1. The summed E-state index contributed by atoms with van der Waals surface area (Å²) in [5.41, 5.74) is 0.292. The third-order valence-corrected chi connectivity index (χ3v) is 4.69. The molecule has 0 heterocycles. The number of benzene rings is 1. The summed E-state index contributed by atoms with van der Waals surface area (Å²) in [5.74, 6) is -2.35. The van der Waals surface area contributed by atoms with Gasteiger partial charge in [0.05, 0.1) is 6.10 Å². The van der Waals surface area contributed by atoms with E-state index in [9.17, 15) is 18.0 Å². The maximum absolute atomic E-state index is 12.1. The van der Waals surface area contributed by atoms with Gasteiger partial charge in [-0.05, 0) is 56.9 Å². The lowest BCUT2D eigenvalue weighted by molar-refractivity contribution is -0.142. The molecular weight excluding hydrogens is 348 g/mol. The number of aliphatic carboxylic acids is 1. The second kappa shape index (κ2) is 7.73. The normalized spacial score (nSPS) is 15.5. The molecule has 25 heavy (non-hydrogen) atoms. The van der Waals surface area contributed by atoms with Crippen molar-refractivity contribution in [3.63, 3.8) is 0 Å². The first-order chi connectivity index (χ1) is 11.7. The summed E-state index contributed by atoms with van der Waals surface area (Å²) in [6.45, 7) is 3.75. The number of carboxylic acids is 1. The molecule has 0 bridgehead atoms. The van der Waals surface area contributed by atoms with Crippen molar-refractivity contribution in [3.8, 4) is 5.75 Å². The maximum Gasteiger partial charge on any atom is 0.326 e. The molecule has 1 unspecified atom stereocenters. The Labute approximate surface area is 146 Å². The highest BCUT2D eigenvalue weighted by molar-refractivity contribution is 7.93. The van der Waals surface area contributed by atoms with Crippen LogP contribution in [0, 0.1) is 5.92 Å². The molecule has 0 aromatic heterocycles. The van der Waals surface area contributed by atoms with Crippen molar-refractivity contribution in [1.29, 1.82) is 0 Å². The van der Waals surface area contributed by atoms with Gasteiger partial charge in [-0.15, -0.1) is 0 Å². The SMILES string of the molecule is CC(C)Oc1ccc(NS(=O)(=O)CC(=O)NC(C(=O)O)C2CC2)cc1. The number of carboxylic acid groups (broad SMARTS) is 1. The first kappa shape index (κ1) is 19.0. The molecule has 1 atom stereocenters. The van der Waals surface area contributed by atoms with Crippen molar-refractivity contribution >= 4 is 27.6 Å². The minimum Gasteiger partial charge on any atom is -0.491 e. The monoisotopic (exact) mass is 370 g/mol. The van der Waals surface area contributed by atoms with Crippen LogP contribution in [0.15, 0.2) is 24.3 Å². The Balaban J connectivity index is 1.92. The van der Waals surface area contributed by atoms with E-state index >= 15 is 0 Å². The van der Waals surface area contributed by atoms with Crippen molar-refractivity contribution in [2.45, 2.75) is 38.8 Å². The molecule has 1 aromatic carbocycles. The van der Waals surface area contributed by atoms with E-state index in [0.717, 1.165) is 0 Å². The number of nitrogens with one attached hydrogen (secondary N) is 2. The molecule has 0 aliphatic heterocycles. The Hall–Kier alpha value is -2.29. The van der Waals surface area contributed by atoms with Crippen LogP contribution in [0.4, 0.5) is 5.69 Å². The van der Waals surface area contributed by atoms with Gasteiger partial charge in [0.15, 0.2) is 0 Å². The number of ether oxygens (including phenoxy) is 1. The van der Waals surface area contributed by atoms with Gasteiger partial charge < -0.3 is 15.2 Å². The van der Waals surface area contributed by atoms with Crippen LogP contribution in [0.2, 0.25) is 0 Å². The lowest BCUT2D eigenvalue weighted by Crippen LogP contribution is -2.45. The van der Waals surface area contributed by atoms with E-state index in [1.165, 1.54) is 12.1 Å². The smallest absolute Gasteiger partial charge is 0.326 e. The molecule has 1 aliphatic rings. The minimum atomic E-state index is -3.94. The molecule has 8 nitrogen and oxygen atoms in total. The number of hydrogen-bond donors (Lipinski definition) is 3. The third kappa shape index (κ3) is 6.26. The Kier molecular flexibility index (Phi) is 5.89. The summed E-state index contributed by atoms with van der Waals surface area (Å²) in [6, 6.07) is 5.25. The molecule has 0 saturated heterocycles. The van der Waals surface area contributed by atoms with Crippen LogP contribution < -0.4 is 14.8 Å². The molecule has 1 saturated carbocycles. The van der Waals surface area contributed by atoms with Crippen molar-refractivity contribution in [1.82, 2.24) is 5.32 Å². The van der Waals surface area contributed by atoms with Crippen LogP contribution in [0.25, 0.3) is 0 Å². The Morgan fingerprint density at radius 3 is 2.32 bits per heavy atom. The number of rotatable bonds is 9. The van der Waals surface area contributed by atoms with Gasteiger partial charge in [0.2, 0.25) is 15.9 Å². The van der Waals surface area contributed by atoms with E-state index in [1.807, 2.05) is 13.8 Å². The van der Waals surface area contributed by atoms with E-state index < -0.39 is 33.7 Å². The van der Waals surface area contributed by atoms with Gasteiger partial charge in [0.1, 0.15) is 17.5 Å². The molecule has 9 heteroatoms. The topological polar surface area (TPSA) is 122 Å². The predicted octanol–water partition coefficient (Wildman–Crippen LogP) is 1.19. The summed E-state index contributed by atoms with van der Waals surface area (Å²) in [4.78, 5) is 22.9. The summed E-state index contributed by atoms with van der Waals surface area (Å²) in [6.07, 6.45) is 1.43. The van der Waals surface area contributed by atoms with Gasteiger partial charge in [-0.1, -0.05) is 0 Å². The number of hydrogen-bond acceptors (Lipinski definition) is 5. The van der Waals surface area contributed by atoms with Crippen molar-refractivity contribution in [2.24, 2.45) is 5.92 Å². The molecule has 1 aromatic rings. The standard InChI is InChI=1S/C16H22N2O6S/c1-10(2)24-13-7-5-12(6-8-13)18-25(22,23)9-14(19)17-15(16(20)21)11-3-4-11/h5-8,10-11,15,18H,3-4,9H2,1-2H3,(H,17,19)(H,20,21). The molecular formula is C16H22N2O6S. The highest BCUT2D eigenvalue weighted by Gasteiger charge is 2.37. The average molecular weight is 370 g/mol. The number of carbonyl (C=O) groups is 2. The Bertz CT molecular complexity index is 725. The van der Waals surface area contributed by atoms with Crippen LogP contribution in [-0.4, -0.2) is 43.3 Å². The van der Waals surface area contributed by atoms with E-state index in [0.29, 0.717) is 24.3 Å². The third-order valence-electron chi connectivity index (χ3n) is 3.50. The van der Waals surface area contributed by atoms with Gasteiger partial charge in [-0.25, -0.2) is 13.2 Å². The number of carbonyl (C=O) groups excluding carboxylic acids is 1. The second-order valence-electron chi connectivity index (χ2n) is 6.27. The van der Waals surface area contributed by atoms with Crippen molar-refractivity contribution in [3.05, 3.63) is 24.3 Å². The average Bonchev–Trinajstić information content (AvgIpc) is 3.29. The highest BCUT2D eigenvalue weighted by Crippen LogP contribution is 2.32. The lowest BCUT2D eigenvalue weighted by Gasteiger charge is -2.14. The zero-order chi connectivity index (χ0) is 18.6. The number of anilines is 1. The van der Waals surface area contributed by atoms with Crippen molar-refractivity contribution in [2.75, 3.05) is 10.5 Å². The van der Waals surface area contributed by atoms with Crippen molar-refractivity contribution < 1.29 is 27.9 Å². The van der Waals surface area contributed by atoms with E-state index in [4.69, 9.17) is 9.84 Å². The Morgan fingerprint density at radius 1 is 1.24 bits per heavy atom. The molecule has 3 N–H and O–H groups in total. The second-order valence-corrected chi connectivity index (χ2v) is 8.00. The van der Waals surface area contributed by atoms with Gasteiger partial charge in [0, 0.05) is 5.69 Å². The number of amides is 1. The summed E-state index contributed by atoms with van der Waals surface area (Å²) >= 11 is 0. The van der Waals surface area contributed by atoms with E-state index in [2.05, 4.69) is 10.0 Å². The Morgan fingerprint density at radius 2 is 1.84 bits per heavy atom. The largest absolute Gasteiger partial charge is 0.491 e. The summed E-state index contributed by atoms with van der Waals surface area (Å²) in [5, 5.41) is 11.3. The molecule has 2 rings (SSSR count). The predicted molar refractivity (Wildman–Crippen MR) is 91.9 cm³/mol. The first-order valence-corrected chi connectivity index (χ1v) is 9.61. The van der Waals surface area contributed by atoms with Gasteiger partial charge >= 0.3 is 5.97 Å². The fraction of sp³-hybridized carbons (Fsp3) is 0.500.